The summed E-state index contributed by atoms with van der Waals surface area (Å²) in [6.45, 7) is 6.26. The number of rotatable bonds is 7. The summed E-state index contributed by atoms with van der Waals surface area (Å²) in [7, 11) is 0. The number of nitrogen functional groups attached to an aromatic ring is 1. The van der Waals surface area contributed by atoms with Crippen LogP contribution >= 0.6 is 0 Å². The van der Waals surface area contributed by atoms with Crippen LogP contribution in [0.2, 0.25) is 0 Å². The minimum absolute atomic E-state index is 0.144. The molecule has 0 radical (unpaired) electrons. The molecule has 3 heteroatoms. The predicted octanol–water partition coefficient (Wildman–Crippen LogP) is 4.05. The van der Waals surface area contributed by atoms with E-state index in [2.05, 4.69) is 12.2 Å². The van der Waals surface area contributed by atoms with Gasteiger partial charge in [-0.15, -0.1) is 0 Å². The van der Waals surface area contributed by atoms with Crippen LogP contribution in [0.3, 0.4) is 0 Å². The van der Waals surface area contributed by atoms with E-state index in [4.69, 9.17) is 10.5 Å². The molecule has 0 aliphatic heterocycles. The molecule has 1 aromatic carbocycles. The Balaban J connectivity index is 2.05. The summed E-state index contributed by atoms with van der Waals surface area (Å²) in [6.07, 6.45) is 5.32. The number of nitrogens with two attached hydrogens (primary N) is 1. The zero-order valence-electron chi connectivity index (χ0n) is 12.3. The van der Waals surface area contributed by atoms with Gasteiger partial charge in [0.1, 0.15) is 5.75 Å². The highest BCUT2D eigenvalue weighted by Crippen LogP contribution is 2.36. The van der Waals surface area contributed by atoms with Gasteiger partial charge in [0, 0.05) is 6.04 Å². The van der Waals surface area contributed by atoms with E-state index >= 15 is 0 Å². The summed E-state index contributed by atoms with van der Waals surface area (Å²) in [5.74, 6) is 1.70. The fourth-order valence-electron chi connectivity index (χ4n) is 2.33. The molecule has 3 nitrogen and oxygen atoms in total. The molecule has 1 saturated carbocycles. The minimum Gasteiger partial charge on any atom is -0.489 e. The summed E-state index contributed by atoms with van der Waals surface area (Å²) in [5.41, 5.74) is 7.93. The van der Waals surface area contributed by atoms with E-state index in [0.717, 1.165) is 29.5 Å². The summed E-state index contributed by atoms with van der Waals surface area (Å²) in [6, 6.07) is 6.49. The molecule has 0 amide bonds. The molecule has 0 heterocycles. The minimum atomic E-state index is 0.144. The van der Waals surface area contributed by atoms with Crippen molar-refractivity contribution >= 4 is 11.4 Å². The number of hydrogen-bond donors (Lipinski definition) is 2. The van der Waals surface area contributed by atoms with Gasteiger partial charge in [0.15, 0.2) is 0 Å². The lowest BCUT2D eigenvalue weighted by atomic mass is 10.1. The molecule has 106 valence electrons. The van der Waals surface area contributed by atoms with Crippen molar-refractivity contribution in [3.63, 3.8) is 0 Å². The molecule has 1 aliphatic rings. The van der Waals surface area contributed by atoms with Gasteiger partial charge in [0.05, 0.1) is 17.5 Å². The lowest BCUT2D eigenvalue weighted by Gasteiger charge is -2.21. The normalized spacial score (nSPS) is 16.4. The molecular formula is C16H26N2O. The van der Waals surface area contributed by atoms with E-state index in [1.807, 2.05) is 32.0 Å². The topological polar surface area (TPSA) is 47.3 Å². The molecule has 19 heavy (non-hydrogen) atoms. The standard InChI is InChI=1S/C16H26N2O/c1-4-13(10-12-8-9-12)18-14-6-5-7-15(16(14)17)19-11(2)3/h5-7,11-13,18H,4,8-10,17H2,1-3H3. The Hall–Kier alpha value is -1.38. The molecule has 3 N–H and O–H groups in total. The van der Waals surface area contributed by atoms with E-state index < -0.39 is 0 Å². The highest BCUT2D eigenvalue weighted by Gasteiger charge is 2.25. The Kier molecular flexibility index (Phi) is 4.56. The van der Waals surface area contributed by atoms with Crippen molar-refractivity contribution in [1.29, 1.82) is 0 Å². The zero-order valence-corrected chi connectivity index (χ0v) is 12.3. The third kappa shape index (κ3) is 4.05. The van der Waals surface area contributed by atoms with Crippen molar-refractivity contribution in [3.8, 4) is 5.75 Å². The molecule has 0 aromatic heterocycles. The largest absolute Gasteiger partial charge is 0.489 e. The number of anilines is 2. The Morgan fingerprint density at radius 2 is 2.11 bits per heavy atom. The molecule has 1 unspecified atom stereocenters. The predicted molar refractivity (Wildman–Crippen MR) is 81.7 cm³/mol. The van der Waals surface area contributed by atoms with Gasteiger partial charge in [-0.05, 0) is 44.7 Å². The first-order chi connectivity index (χ1) is 9.10. The van der Waals surface area contributed by atoms with Gasteiger partial charge in [0.25, 0.3) is 0 Å². The van der Waals surface area contributed by atoms with Gasteiger partial charge in [-0.25, -0.2) is 0 Å². The molecule has 0 saturated heterocycles. The Bertz CT molecular complexity index is 413. The average molecular weight is 262 g/mol. The van der Waals surface area contributed by atoms with Crippen LogP contribution in [-0.2, 0) is 0 Å². The number of hydrogen-bond acceptors (Lipinski definition) is 3. The lowest BCUT2D eigenvalue weighted by molar-refractivity contribution is 0.244. The van der Waals surface area contributed by atoms with Crippen LogP contribution in [-0.4, -0.2) is 12.1 Å². The third-order valence-corrected chi connectivity index (χ3v) is 3.60. The molecular weight excluding hydrogens is 236 g/mol. The van der Waals surface area contributed by atoms with Crippen LogP contribution in [0.4, 0.5) is 11.4 Å². The molecule has 1 aliphatic carbocycles. The van der Waals surface area contributed by atoms with Crippen LogP contribution < -0.4 is 15.8 Å². The lowest BCUT2D eigenvalue weighted by Crippen LogP contribution is -2.20. The second kappa shape index (κ2) is 6.18. The van der Waals surface area contributed by atoms with Gasteiger partial charge in [-0.1, -0.05) is 25.8 Å². The zero-order chi connectivity index (χ0) is 13.8. The molecule has 2 rings (SSSR count). The highest BCUT2D eigenvalue weighted by atomic mass is 16.5. The summed E-state index contributed by atoms with van der Waals surface area (Å²) in [4.78, 5) is 0. The SMILES string of the molecule is CCC(CC1CC1)Nc1cccc(OC(C)C)c1N. The van der Waals surface area contributed by atoms with Crippen molar-refractivity contribution < 1.29 is 4.74 Å². The van der Waals surface area contributed by atoms with Crippen LogP contribution in [0.25, 0.3) is 0 Å². The summed E-state index contributed by atoms with van der Waals surface area (Å²) >= 11 is 0. The third-order valence-electron chi connectivity index (χ3n) is 3.60. The van der Waals surface area contributed by atoms with Crippen molar-refractivity contribution in [1.82, 2.24) is 0 Å². The van der Waals surface area contributed by atoms with Crippen LogP contribution in [0.5, 0.6) is 5.75 Å². The van der Waals surface area contributed by atoms with Crippen LogP contribution in [0, 0.1) is 5.92 Å². The van der Waals surface area contributed by atoms with E-state index in [1.165, 1.54) is 19.3 Å². The Morgan fingerprint density at radius 1 is 1.37 bits per heavy atom. The highest BCUT2D eigenvalue weighted by molar-refractivity contribution is 5.73. The summed E-state index contributed by atoms with van der Waals surface area (Å²) < 4.78 is 5.73. The maximum atomic E-state index is 6.19. The Morgan fingerprint density at radius 3 is 2.68 bits per heavy atom. The van der Waals surface area contributed by atoms with E-state index in [-0.39, 0.29) is 6.10 Å². The monoisotopic (exact) mass is 262 g/mol. The first-order valence-corrected chi connectivity index (χ1v) is 7.41. The van der Waals surface area contributed by atoms with E-state index in [9.17, 15) is 0 Å². The van der Waals surface area contributed by atoms with Gasteiger partial charge in [0.2, 0.25) is 0 Å². The first kappa shape index (κ1) is 14.0. The number of benzene rings is 1. The molecule has 0 spiro atoms. The van der Waals surface area contributed by atoms with Gasteiger partial charge >= 0.3 is 0 Å². The van der Waals surface area contributed by atoms with E-state index in [1.54, 1.807) is 0 Å². The molecule has 0 bridgehead atoms. The molecule has 1 atom stereocenters. The first-order valence-electron chi connectivity index (χ1n) is 7.41. The maximum absolute atomic E-state index is 6.19. The van der Waals surface area contributed by atoms with Gasteiger partial charge in [-0.3, -0.25) is 0 Å². The fourth-order valence-corrected chi connectivity index (χ4v) is 2.33. The van der Waals surface area contributed by atoms with E-state index in [0.29, 0.717) is 6.04 Å². The van der Waals surface area contributed by atoms with Crippen molar-refractivity contribution in [3.05, 3.63) is 18.2 Å². The molecule has 1 aromatic rings. The van der Waals surface area contributed by atoms with Crippen molar-refractivity contribution in [2.75, 3.05) is 11.1 Å². The maximum Gasteiger partial charge on any atom is 0.144 e. The van der Waals surface area contributed by atoms with Crippen LogP contribution in [0.15, 0.2) is 18.2 Å². The number of para-hydroxylation sites is 1. The fraction of sp³-hybridized carbons (Fsp3) is 0.625. The second-order valence-corrected chi connectivity index (χ2v) is 5.81. The van der Waals surface area contributed by atoms with Crippen molar-refractivity contribution in [2.45, 2.75) is 58.6 Å². The molecule has 1 fully saturated rings. The summed E-state index contributed by atoms with van der Waals surface area (Å²) in [5, 5.41) is 3.58. The average Bonchev–Trinajstić information content (AvgIpc) is 3.16. The number of nitrogens with one attached hydrogen (secondary N) is 1. The quantitative estimate of drug-likeness (QED) is 0.729. The van der Waals surface area contributed by atoms with Crippen molar-refractivity contribution in [2.24, 2.45) is 5.92 Å². The van der Waals surface area contributed by atoms with Gasteiger partial charge < -0.3 is 15.8 Å². The second-order valence-electron chi connectivity index (χ2n) is 5.81. The number of ether oxygens (including phenoxy) is 1. The van der Waals surface area contributed by atoms with Crippen LogP contribution in [0.1, 0.15) is 46.5 Å². The Labute approximate surface area is 116 Å². The van der Waals surface area contributed by atoms with Gasteiger partial charge in [-0.2, -0.15) is 0 Å². The smallest absolute Gasteiger partial charge is 0.144 e.